The lowest BCUT2D eigenvalue weighted by atomic mass is 10.2. The van der Waals surface area contributed by atoms with Gasteiger partial charge in [-0.25, -0.2) is 4.79 Å². The lowest BCUT2D eigenvalue weighted by Gasteiger charge is -2.14. The van der Waals surface area contributed by atoms with Gasteiger partial charge in [-0.05, 0) is 37.6 Å². The second-order valence-corrected chi connectivity index (χ2v) is 4.26. The number of halogens is 1. The Bertz CT molecular complexity index is 366. The van der Waals surface area contributed by atoms with E-state index < -0.39 is 0 Å². The van der Waals surface area contributed by atoms with Crippen molar-refractivity contribution in [3.05, 3.63) is 28.2 Å². The van der Waals surface area contributed by atoms with Crippen LogP contribution in [0.4, 0.5) is 5.69 Å². The number of methoxy groups -OCH3 is 1. The molecule has 1 rings (SSSR count). The first-order valence-electron chi connectivity index (χ1n) is 4.65. The van der Waals surface area contributed by atoms with Crippen molar-refractivity contribution in [2.75, 3.05) is 12.4 Å². The van der Waals surface area contributed by atoms with Gasteiger partial charge < -0.3 is 10.1 Å². The van der Waals surface area contributed by atoms with Crippen LogP contribution < -0.4 is 5.32 Å². The fourth-order valence-electron chi connectivity index (χ4n) is 1.26. The fourth-order valence-corrected chi connectivity index (χ4v) is 1.73. The molecule has 0 aliphatic heterocycles. The molecule has 0 spiro atoms. The molecule has 1 aromatic carbocycles. The van der Waals surface area contributed by atoms with Crippen molar-refractivity contribution in [3.63, 3.8) is 0 Å². The molecule has 0 amide bonds. The molecule has 0 radical (unpaired) electrons. The van der Waals surface area contributed by atoms with E-state index in [9.17, 15) is 4.79 Å². The van der Waals surface area contributed by atoms with E-state index in [-0.39, 0.29) is 12.0 Å². The third-order valence-corrected chi connectivity index (χ3v) is 2.61. The van der Waals surface area contributed by atoms with E-state index in [0.717, 1.165) is 15.7 Å². The molecule has 0 heterocycles. The second kappa shape index (κ2) is 5.16. The van der Waals surface area contributed by atoms with Gasteiger partial charge >= 0.3 is 5.97 Å². The number of hydrogen-bond acceptors (Lipinski definition) is 3. The van der Waals surface area contributed by atoms with E-state index >= 15 is 0 Å². The van der Waals surface area contributed by atoms with E-state index in [1.165, 1.54) is 7.11 Å². The normalized spacial score (nSPS) is 12.0. The molecule has 3 nitrogen and oxygen atoms in total. The minimum Gasteiger partial charge on any atom is -0.467 e. The van der Waals surface area contributed by atoms with Crippen LogP contribution in [0.5, 0.6) is 0 Å². The second-order valence-electron chi connectivity index (χ2n) is 3.35. The molecule has 0 bridgehead atoms. The molecule has 0 fully saturated rings. The number of rotatable bonds is 3. The predicted molar refractivity (Wildman–Crippen MR) is 64.0 cm³/mol. The lowest BCUT2D eigenvalue weighted by Crippen LogP contribution is -2.27. The van der Waals surface area contributed by atoms with Gasteiger partial charge in [-0.15, -0.1) is 0 Å². The van der Waals surface area contributed by atoms with Crippen molar-refractivity contribution in [2.24, 2.45) is 0 Å². The first-order valence-corrected chi connectivity index (χ1v) is 5.44. The summed E-state index contributed by atoms with van der Waals surface area (Å²) >= 11 is 3.39. The summed E-state index contributed by atoms with van der Waals surface area (Å²) in [5, 5.41) is 3.09. The van der Waals surface area contributed by atoms with Gasteiger partial charge in [0.15, 0.2) is 0 Å². The summed E-state index contributed by atoms with van der Waals surface area (Å²) in [5.41, 5.74) is 2.02. The largest absolute Gasteiger partial charge is 0.467 e. The van der Waals surface area contributed by atoms with Crippen LogP contribution in [0, 0.1) is 6.92 Å². The number of aryl methyl sites for hydroxylation is 1. The molecule has 0 aromatic heterocycles. The predicted octanol–water partition coefficient (Wildman–Crippen LogP) is 2.73. The SMILES string of the molecule is COC(=O)[C@H](C)Nc1ccc(Br)cc1C. The van der Waals surface area contributed by atoms with E-state index in [0.29, 0.717) is 0 Å². The number of benzene rings is 1. The van der Waals surface area contributed by atoms with Gasteiger partial charge in [-0.1, -0.05) is 15.9 Å². The monoisotopic (exact) mass is 271 g/mol. The standard InChI is InChI=1S/C11H14BrNO2/c1-7-6-9(12)4-5-10(7)13-8(2)11(14)15-3/h4-6,8,13H,1-3H3/t8-/m0/s1. The molecule has 0 saturated heterocycles. The average molecular weight is 272 g/mol. The summed E-state index contributed by atoms with van der Waals surface area (Å²) < 4.78 is 5.66. The smallest absolute Gasteiger partial charge is 0.327 e. The minimum absolute atomic E-state index is 0.266. The van der Waals surface area contributed by atoms with Crippen molar-refractivity contribution in [2.45, 2.75) is 19.9 Å². The van der Waals surface area contributed by atoms with Crippen LogP contribution >= 0.6 is 15.9 Å². The minimum atomic E-state index is -0.338. The van der Waals surface area contributed by atoms with Gasteiger partial charge in [0.2, 0.25) is 0 Å². The summed E-state index contributed by atoms with van der Waals surface area (Å²) in [6.07, 6.45) is 0. The Balaban J connectivity index is 2.76. The third-order valence-electron chi connectivity index (χ3n) is 2.12. The molecular formula is C11H14BrNO2. The van der Waals surface area contributed by atoms with Crippen molar-refractivity contribution >= 4 is 27.6 Å². The molecular weight excluding hydrogens is 258 g/mol. The number of nitrogens with one attached hydrogen (secondary N) is 1. The Kier molecular flexibility index (Phi) is 4.15. The van der Waals surface area contributed by atoms with Crippen LogP contribution in [-0.2, 0) is 9.53 Å². The summed E-state index contributed by atoms with van der Waals surface area (Å²) in [7, 11) is 1.38. The maximum absolute atomic E-state index is 11.2. The number of ether oxygens (including phenoxy) is 1. The molecule has 0 aliphatic rings. The third kappa shape index (κ3) is 3.23. The van der Waals surface area contributed by atoms with Crippen molar-refractivity contribution < 1.29 is 9.53 Å². The maximum atomic E-state index is 11.2. The van der Waals surface area contributed by atoms with Crippen LogP contribution in [0.1, 0.15) is 12.5 Å². The quantitative estimate of drug-likeness (QED) is 0.860. The topological polar surface area (TPSA) is 38.3 Å². The van der Waals surface area contributed by atoms with Crippen LogP contribution in [0.2, 0.25) is 0 Å². The molecule has 82 valence electrons. The highest BCUT2D eigenvalue weighted by molar-refractivity contribution is 9.10. The Hall–Kier alpha value is -1.03. The number of anilines is 1. The molecule has 15 heavy (non-hydrogen) atoms. The zero-order valence-electron chi connectivity index (χ0n) is 9.00. The summed E-state index contributed by atoms with van der Waals surface area (Å²) in [4.78, 5) is 11.2. The van der Waals surface area contributed by atoms with Crippen LogP contribution in [-0.4, -0.2) is 19.1 Å². The zero-order valence-corrected chi connectivity index (χ0v) is 10.6. The van der Waals surface area contributed by atoms with E-state index in [2.05, 4.69) is 26.0 Å². The van der Waals surface area contributed by atoms with Crippen LogP contribution in [0.25, 0.3) is 0 Å². The van der Waals surface area contributed by atoms with Crippen molar-refractivity contribution in [3.8, 4) is 0 Å². The van der Waals surface area contributed by atoms with E-state index in [4.69, 9.17) is 0 Å². The van der Waals surface area contributed by atoms with E-state index in [1.807, 2.05) is 25.1 Å². The number of hydrogen-bond donors (Lipinski definition) is 1. The highest BCUT2D eigenvalue weighted by atomic mass is 79.9. The number of carbonyl (C=O) groups excluding carboxylic acids is 1. The van der Waals surface area contributed by atoms with Gasteiger partial charge in [0.25, 0.3) is 0 Å². The highest BCUT2D eigenvalue weighted by Crippen LogP contribution is 2.20. The Morgan fingerprint density at radius 2 is 2.20 bits per heavy atom. The van der Waals surface area contributed by atoms with Crippen LogP contribution in [0.15, 0.2) is 22.7 Å². The fraction of sp³-hybridized carbons (Fsp3) is 0.364. The highest BCUT2D eigenvalue weighted by Gasteiger charge is 2.13. The first kappa shape index (κ1) is 12.0. The molecule has 1 atom stereocenters. The number of esters is 1. The molecule has 0 saturated carbocycles. The van der Waals surface area contributed by atoms with Gasteiger partial charge in [0.1, 0.15) is 6.04 Å². The Morgan fingerprint density at radius 3 is 2.73 bits per heavy atom. The Morgan fingerprint density at radius 1 is 1.53 bits per heavy atom. The zero-order chi connectivity index (χ0) is 11.4. The summed E-state index contributed by atoms with van der Waals surface area (Å²) in [5.74, 6) is -0.266. The average Bonchev–Trinajstić information content (AvgIpc) is 2.20. The van der Waals surface area contributed by atoms with E-state index in [1.54, 1.807) is 6.92 Å². The summed E-state index contributed by atoms with van der Waals surface area (Å²) in [6, 6.07) is 5.51. The van der Waals surface area contributed by atoms with Gasteiger partial charge in [0.05, 0.1) is 7.11 Å². The van der Waals surface area contributed by atoms with Gasteiger partial charge in [0, 0.05) is 10.2 Å². The molecule has 1 aromatic rings. The maximum Gasteiger partial charge on any atom is 0.327 e. The first-order chi connectivity index (χ1) is 7.04. The van der Waals surface area contributed by atoms with Crippen molar-refractivity contribution in [1.29, 1.82) is 0 Å². The Labute approximate surface area is 97.9 Å². The van der Waals surface area contributed by atoms with Crippen molar-refractivity contribution in [1.82, 2.24) is 0 Å². The van der Waals surface area contributed by atoms with Crippen LogP contribution in [0.3, 0.4) is 0 Å². The summed E-state index contributed by atoms with van der Waals surface area (Å²) in [6.45, 7) is 3.75. The molecule has 0 aliphatic carbocycles. The van der Waals surface area contributed by atoms with Gasteiger partial charge in [-0.2, -0.15) is 0 Å². The molecule has 0 unspecified atom stereocenters. The number of carbonyl (C=O) groups is 1. The molecule has 1 N–H and O–H groups in total. The molecule has 4 heteroatoms. The lowest BCUT2D eigenvalue weighted by molar-refractivity contribution is -0.141. The van der Waals surface area contributed by atoms with Gasteiger partial charge in [-0.3, -0.25) is 0 Å².